The Hall–Kier alpha value is -1.23. The van der Waals surface area contributed by atoms with Crippen molar-refractivity contribution in [2.24, 2.45) is 0 Å². The average molecular weight is 492 g/mol. The van der Waals surface area contributed by atoms with Crippen LogP contribution in [0.1, 0.15) is 19.3 Å². The minimum absolute atomic E-state index is 0.834. The highest BCUT2D eigenvalue weighted by atomic mass is 19.4. The summed E-state index contributed by atoms with van der Waals surface area (Å²) in [7, 11) is 0. The Morgan fingerprint density at radius 2 is 0.700 bits per heavy atom. The van der Waals surface area contributed by atoms with E-state index in [0.717, 1.165) is 0 Å². The molecule has 1 N–H and O–H groups in total. The van der Waals surface area contributed by atoms with Gasteiger partial charge in [0.1, 0.15) is 0 Å². The van der Waals surface area contributed by atoms with E-state index in [4.69, 9.17) is 5.11 Å². The predicted molar refractivity (Wildman–Crippen MR) is 61.6 cm³/mol. The van der Waals surface area contributed by atoms with E-state index in [2.05, 4.69) is 0 Å². The third-order valence-corrected chi connectivity index (χ3v) is 3.69. The molecule has 0 aromatic carbocycles. The van der Waals surface area contributed by atoms with Gasteiger partial charge < -0.3 is 5.11 Å². The number of rotatable bonds is 10. The molecule has 0 saturated carbocycles. The molecule has 0 spiro atoms. The zero-order valence-electron chi connectivity index (χ0n) is 13.7. The lowest BCUT2D eigenvalue weighted by atomic mass is 9.88. The molecule has 0 heterocycles. The largest absolute Gasteiger partial charge is 0.460 e. The molecule has 0 aliphatic carbocycles. The molecular weight excluding hydrogens is 483 g/mol. The fourth-order valence-corrected chi connectivity index (χ4v) is 1.81. The van der Waals surface area contributed by atoms with Crippen LogP contribution in [0.3, 0.4) is 0 Å². The van der Waals surface area contributed by atoms with Gasteiger partial charge in [0.2, 0.25) is 0 Å². The third kappa shape index (κ3) is 3.87. The molecular formula is C12H9F17O. The van der Waals surface area contributed by atoms with E-state index in [9.17, 15) is 74.6 Å². The molecule has 0 saturated heterocycles. The lowest BCUT2D eigenvalue weighted by Crippen LogP contribution is -2.74. The topological polar surface area (TPSA) is 20.2 Å². The highest BCUT2D eigenvalue weighted by Gasteiger charge is 2.95. The van der Waals surface area contributed by atoms with E-state index in [1.807, 2.05) is 0 Å². The second-order valence-corrected chi connectivity index (χ2v) is 5.83. The van der Waals surface area contributed by atoms with Gasteiger partial charge in [-0.15, -0.1) is 0 Å². The van der Waals surface area contributed by atoms with E-state index in [-0.39, 0.29) is 0 Å². The Bertz CT molecular complexity index is 590. The first kappa shape index (κ1) is 28.8. The van der Waals surface area contributed by atoms with Crippen LogP contribution in [0.5, 0.6) is 0 Å². The molecule has 1 nitrogen and oxygen atoms in total. The summed E-state index contributed by atoms with van der Waals surface area (Å²) >= 11 is 0. The molecule has 0 atom stereocenters. The van der Waals surface area contributed by atoms with Gasteiger partial charge in [0.15, 0.2) is 0 Å². The van der Waals surface area contributed by atoms with Crippen molar-refractivity contribution in [3.8, 4) is 0 Å². The van der Waals surface area contributed by atoms with E-state index in [0.29, 0.717) is 0 Å². The maximum Gasteiger partial charge on any atom is 0.460 e. The molecule has 0 aliphatic rings. The molecule has 0 aromatic heterocycles. The van der Waals surface area contributed by atoms with Gasteiger partial charge in [-0.2, -0.15) is 74.6 Å². The SMILES string of the molecule is OCCCCC(F)(F)C(F)(F)C(F)(F)C(F)(F)C(F)(F)C(F)(F)C(F)(F)C(F)(F)F. The van der Waals surface area contributed by atoms with Gasteiger partial charge in [0.05, 0.1) is 0 Å². The maximum absolute atomic E-state index is 13.3. The lowest BCUT2D eigenvalue weighted by molar-refractivity contribution is -0.461. The van der Waals surface area contributed by atoms with Crippen molar-refractivity contribution in [2.45, 2.75) is 66.9 Å². The van der Waals surface area contributed by atoms with E-state index < -0.39 is 73.5 Å². The van der Waals surface area contributed by atoms with Crippen molar-refractivity contribution >= 4 is 0 Å². The van der Waals surface area contributed by atoms with Crippen LogP contribution < -0.4 is 0 Å². The van der Waals surface area contributed by atoms with Crippen LogP contribution in [0.15, 0.2) is 0 Å². The molecule has 0 unspecified atom stereocenters. The minimum Gasteiger partial charge on any atom is -0.396 e. The van der Waals surface area contributed by atoms with Gasteiger partial charge in [-0.25, -0.2) is 0 Å². The van der Waals surface area contributed by atoms with Crippen molar-refractivity contribution in [1.29, 1.82) is 0 Å². The summed E-state index contributed by atoms with van der Waals surface area (Å²) in [5, 5.41) is 8.25. The number of unbranched alkanes of at least 4 members (excludes halogenated alkanes) is 1. The summed E-state index contributed by atoms with van der Waals surface area (Å²) in [6.45, 7) is -1.02. The Labute approximate surface area is 154 Å². The van der Waals surface area contributed by atoms with Gasteiger partial charge in [0.25, 0.3) is 0 Å². The monoisotopic (exact) mass is 492 g/mol. The van der Waals surface area contributed by atoms with E-state index in [1.165, 1.54) is 0 Å². The maximum atomic E-state index is 13.3. The Balaban J connectivity index is 6.48. The molecule has 0 aliphatic heterocycles. The number of alkyl halides is 17. The summed E-state index contributed by atoms with van der Waals surface area (Å²) in [5.74, 6) is -56.0. The summed E-state index contributed by atoms with van der Waals surface area (Å²) in [6.07, 6.45) is -12.4. The van der Waals surface area contributed by atoms with Crippen LogP contribution in [0.4, 0.5) is 74.6 Å². The number of halogens is 17. The van der Waals surface area contributed by atoms with Crippen molar-refractivity contribution < 1.29 is 79.7 Å². The molecule has 0 amide bonds. The molecule has 0 aromatic rings. The smallest absolute Gasteiger partial charge is 0.396 e. The van der Waals surface area contributed by atoms with Crippen LogP contribution in [0, 0.1) is 0 Å². The van der Waals surface area contributed by atoms with Crippen molar-refractivity contribution in [1.82, 2.24) is 0 Å². The lowest BCUT2D eigenvalue weighted by Gasteiger charge is -2.42. The first-order chi connectivity index (χ1) is 12.8. The van der Waals surface area contributed by atoms with Crippen molar-refractivity contribution in [2.75, 3.05) is 6.61 Å². The number of hydrogen-bond donors (Lipinski definition) is 1. The summed E-state index contributed by atoms with van der Waals surface area (Å²) in [6, 6.07) is 0. The minimum atomic E-state index is -8.60. The van der Waals surface area contributed by atoms with E-state index >= 15 is 0 Å². The molecule has 0 fully saturated rings. The average Bonchev–Trinajstić information content (AvgIpc) is 2.52. The second kappa shape index (κ2) is 7.72. The summed E-state index contributed by atoms with van der Waals surface area (Å²) < 4.78 is 219. The van der Waals surface area contributed by atoms with Crippen LogP contribution in [-0.4, -0.2) is 59.3 Å². The fourth-order valence-electron chi connectivity index (χ4n) is 1.81. The molecule has 30 heavy (non-hydrogen) atoms. The first-order valence-corrected chi connectivity index (χ1v) is 7.13. The predicted octanol–water partition coefficient (Wildman–Crippen LogP) is 6.16. The van der Waals surface area contributed by atoms with Gasteiger partial charge in [-0.1, -0.05) is 0 Å². The van der Waals surface area contributed by atoms with Crippen LogP contribution in [0.25, 0.3) is 0 Å². The second-order valence-electron chi connectivity index (χ2n) is 5.83. The molecule has 182 valence electrons. The summed E-state index contributed by atoms with van der Waals surface area (Å²) in [4.78, 5) is 0. The Morgan fingerprint density at radius 3 is 1.00 bits per heavy atom. The van der Waals surface area contributed by atoms with Gasteiger partial charge >= 0.3 is 47.6 Å². The van der Waals surface area contributed by atoms with E-state index in [1.54, 1.807) is 0 Å². The van der Waals surface area contributed by atoms with Crippen molar-refractivity contribution in [3.63, 3.8) is 0 Å². The fraction of sp³-hybridized carbons (Fsp3) is 1.00. The first-order valence-electron chi connectivity index (χ1n) is 7.13. The van der Waals surface area contributed by atoms with Gasteiger partial charge in [0, 0.05) is 13.0 Å². The quantitative estimate of drug-likeness (QED) is 0.286. The Kier molecular flexibility index (Phi) is 7.40. The van der Waals surface area contributed by atoms with Crippen LogP contribution >= 0.6 is 0 Å². The number of aliphatic hydroxyl groups is 1. The number of hydrogen-bond acceptors (Lipinski definition) is 1. The van der Waals surface area contributed by atoms with Crippen molar-refractivity contribution in [3.05, 3.63) is 0 Å². The Morgan fingerprint density at radius 1 is 0.400 bits per heavy atom. The highest BCUT2D eigenvalue weighted by Crippen LogP contribution is 2.64. The summed E-state index contributed by atoms with van der Waals surface area (Å²) in [5.41, 5.74) is 0. The molecule has 0 bridgehead atoms. The normalized spacial score (nSPS) is 16.2. The number of aliphatic hydroxyl groups excluding tert-OH is 1. The molecule has 0 radical (unpaired) electrons. The van der Waals surface area contributed by atoms with Gasteiger partial charge in [-0.3, -0.25) is 0 Å². The zero-order valence-corrected chi connectivity index (χ0v) is 13.7. The molecule has 0 rings (SSSR count). The van der Waals surface area contributed by atoms with Crippen LogP contribution in [-0.2, 0) is 0 Å². The molecule has 18 heteroatoms. The third-order valence-electron chi connectivity index (χ3n) is 3.69. The van der Waals surface area contributed by atoms with Crippen LogP contribution in [0.2, 0.25) is 0 Å². The zero-order chi connectivity index (χ0) is 24.8. The highest BCUT2D eigenvalue weighted by molar-refractivity contribution is 5.15. The van der Waals surface area contributed by atoms with Gasteiger partial charge in [-0.05, 0) is 12.8 Å². The standard InChI is InChI=1S/C12H9F17O/c13-5(14,3-1-2-4-30)6(15,16)7(17,18)8(19,20)9(21,22)10(23,24)11(25,26)12(27,28)29/h30H,1-4H2.